The Hall–Kier alpha value is 0.390. The average Bonchev–Trinajstić information content (AvgIpc) is 2.30. The van der Waals surface area contributed by atoms with Crippen molar-refractivity contribution < 1.29 is 9.47 Å². The zero-order valence-electron chi connectivity index (χ0n) is 10.2. The summed E-state index contributed by atoms with van der Waals surface area (Å²) >= 11 is 2.40. The van der Waals surface area contributed by atoms with Gasteiger partial charge in [0, 0.05) is 11.0 Å². The van der Waals surface area contributed by atoms with Crippen LogP contribution in [0.3, 0.4) is 0 Å². The van der Waals surface area contributed by atoms with Gasteiger partial charge < -0.3 is 9.47 Å². The second-order valence-electron chi connectivity index (χ2n) is 4.45. The summed E-state index contributed by atoms with van der Waals surface area (Å²) in [6.07, 6.45) is 5.73. The van der Waals surface area contributed by atoms with E-state index in [2.05, 4.69) is 36.1 Å². The van der Waals surface area contributed by atoms with Crippen LogP contribution in [0.5, 0.6) is 0 Å². The largest absolute Gasteiger partial charge is 0.353 e. The molecular weight excluding hydrogens is 315 g/mol. The van der Waals surface area contributed by atoms with Crippen molar-refractivity contribution in [3.8, 4) is 0 Å². The van der Waals surface area contributed by atoms with E-state index in [4.69, 9.17) is 9.47 Å². The third-order valence-electron chi connectivity index (χ3n) is 3.11. The molecule has 1 fully saturated rings. The Morgan fingerprint density at radius 2 is 2.38 bits per heavy atom. The number of hydrogen-bond acceptors (Lipinski definition) is 2. The molecule has 1 aliphatic heterocycles. The van der Waals surface area contributed by atoms with E-state index in [1.54, 1.807) is 0 Å². The van der Waals surface area contributed by atoms with E-state index in [9.17, 15) is 0 Å². The first-order valence-electron chi connectivity index (χ1n) is 6.21. The minimum Gasteiger partial charge on any atom is -0.353 e. The summed E-state index contributed by atoms with van der Waals surface area (Å²) in [6, 6.07) is 0. The summed E-state index contributed by atoms with van der Waals surface area (Å²) in [5.74, 6) is 0.568. The molecule has 0 saturated carbocycles. The summed E-state index contributed by atoms with van der Waals surface area (Å²) in [5, 5.41) is 0. The standard InChI is InChI=1S/C13H23IO2/c1-11(6-8-14)12(2)7-10-16-13-5-3-4-9-15-13/h12-13H,1,3-10H2,2H3/t12-,13?/m1/s1. The molecule has 2 nitrogen and oxygen atoms in total. The molecule has 94 valence electrons. The number of ether oxygens (including phenoxy) is 2. The number of hydrogen-bond donors (Lipinski definition) is 0. The Bertz CT molecular complexity index is 200. The van der Waals surface area contributed by atoms with Crippen LogP contribution in [0.4, 0.5) is 0 Å². The van der Waals surface area contributed by atoms with Gasteiger partial charge in [-0.3, -0.25) is 0 Å². The SMILES string of the molecule is C=C(CCI)[C@H](C)CCOC1CCCCO1. The first-order valence-corrected chi connectivity index (χ1v) is 7.73. The molecule has 0 amide bonds. The van der Waals surface area contributed by atoms with Crippen LogP contribution in [0.25, 0.3) is 0 Å². The molecule has 3 heteroatoms. The number of rotatable bonds is 7. The molecule has 0 aromatic heterocycles. The fourth-order valence-electron chi connectivity index (χ4n) is 1.79. The fraction of sp³-hybridized carbons (Fsp3) is 0.846. The molecule has 0 spiro atoms. The van der Waals surface area contributed by atoms with Crippen LogP contribution >= 0.6 is 22.6 Å². The van der Waals surface area contributed by atoms with Crippen molar-refractivity contribution in [3.63, 3.8) is 0 Å². The zero-order valence-corrected chi connectivity index (χ0v) is 12.4. The molecule has 0 aliphatic carbocycles. The third-order valence-corrected chi connectivity index (χ3v) is 3.64. The maximum atomic E-state index is 5.72. The van der Waals surface area contributed by atoms with Crippen LogP contribution < -0.4 is 0 Å². The molecule has 16 heavy (non-hydrogen) atoms. The van der Waals surface area contributed by atoms with E-state index >= 15 is 0 Å². The third kappa shape index (κ3) is 5.64. The van der Waals surface area contributed by atoms with Gasteiger partial charge in [-0.15, -0.1) is 0 Å². The van der Waals surface area contributed by atoms with Gasteiger partial charge in [-0.25, -0.2) is 0 Å². The van der Waals surface area contributed by atoms with E-state index in [0.29, 0.717) is 5.92 Å². The number of allylic oxidation sites excluding steroid dienone is 1. The van der Waals surface area contributed by atoms with Gasteiger partial charge in [0.25, 0.3) is 0 Å². The summed E-state index contributed by atoms with van der Waals surface area (Å²) in [5.41, 5.74) is 1.35. The lowest BCUT2D eigenvalue weighted by Gasteiger charge is -2.23. The van der Waals surface area contributed by atoms with Crippen molar-refractivity contribution in [2.75, 3.05) is 17.6 Å². The first kappa shape index (κ1) is 14.5. The Labute approximate surface area is 113 Å². The van der Waals surface area contributed by atoms with E-state index in [0.717, 1.165) is 36.9 Å². The van der Waals surface area contributed by atoms with E-state index in [1.807, 2.05) is 0 Å². The summed E-state index contributed by atoms with van der Waals surface area (Å²) in [6.45, 7) is 8.01. The van der Waals surface area contributed by atoms with Crippen molar-refractivity contribution in [2.24, 2.45) is 5.92 Å². The van der Waals surface area contributed by atoms with Gasteiger partial charge in [-0.05, 0) is 38.0 Å². The van der Waals surface area contributed by atoms with E-state index < -0.39 is 0 Å². The molecule has 0 bridgehead atoms. The van der Waals surface area contributed by atoms with Gasteiger partial charge in [0.1, 0.15) is 0 Å². The van der Waals surface area contributed by atoms with Crippen LogP contribution in [0, 0.1) is 5.92 Å². The lowest BCUT2D eigenvalue weighted by Crippen LogP contribution is -2.23. The Morgan fingerprint density at radius 3 is 3.00 bits per heavy atom. The number of alkyl halides is 1. The molecule has 1 unspecified atom stereocenters. The predicted octanol–water partition coefficient (Wildman–Crippen LogP) is 3.94. The highest BCUT2D eigenvalue weighted by atomic mass is 127. The van der Waals surface area contributed by atoms with Gasteiger partial charge in [-0.2, -0.15) is 0 Å². The van der Waals surface area contributed by atoms with Crippen molar-refractivity contribution in [3.05, 3.63) is 12.2 Å². The molecule has 0 aromatic rings. The van der Waals surface area contributed by atoms with Crippen LogP contribution in [0.1, 0.15) is 39.0 Å². The lowest BCUT2D eigenvalue weighted by molar-refractivity contribution is -0.163. The van der Waals surface area contributed by atoms with Gasteiger partial charge in [0.05, 0.1) is 6.61 Å². The number of halogens is 1. The topological polar surface area (TPSA) is 18.5 Å². The van der Waals surface area contributed by atoms with Gasteiger partial charge in [-0.1, -0.05) is 41.7 Å². The molecule has 1 heterocycles. The second kappa shape index (κ2) is 8.48. The maximum Gasteiger partial charge on any atom is 0.157 e. The van der Waals surface area contributed by atoms with Crippen molar-refractivity contribution >= 4 is 22.6 Å². The highest BCUT2D eigenvalue weighted by Crippen LogP contribution is 2.19. The quantitative estimate of drug-likeness (QED) is 0.398. The monoisotopic (exact) mass is 338 g/mol. The van der Waals surface area contributed by atoms with Gasteiger partial charge in [0.15, 0.2) is 6.29 Å². The summed E-state index contributed by atoms with van der Waals surface area (Å²) < 4.78 is 12.4. The van der Waals surface area contributed by atoms with Crippen LogP contribution in [0.15, 0.2) is 12.2 Å². The van der Waals surface area contributed by atoms with Crippen LogP contribution in [0.2, 0.25) is 0 Å². The Balaban J connectivity index is 2.07. The second-order valence-corrected chi connectivity index (χ2v) is 5.53. The molecule has 0 radical (unpaired) electrons. The van der Waals surface area contributed by atoms with E-state index in [1.165, 1.54) is 18.4 Å². The minimum atomic E-state index is 0.0544. The molecule has 0 aromatic carbocycles. The van der Waals surface area contributed by atoms with Gasteiger partial charge in [0.2, 0.25) is 0 Å². The maximum absolute atomic E-state index is 5.72. The Kier molecular flexibility index (Phi) is 7.66. The molecule has 1 rings (SSSR count). The van der Waals surface area contributed by atoms with E-state index in [-0.39, 0.29) is 6.29 Å². The van der Waals surface area contributed by atoms with Crippen LogP contribution in [-0.4, -0.2) is 23.9 Å². The predicted molar refractivity (Wildman–Crippen MR) is 76.0 cm³/mol. The van der Waals surface area contributed by atoms with Crippen molar-refractivity contribution in [1.29, 1.82) is 0 Å². The zero-order chi connectivity index (χ0) is 11.8. The summed E-state index contributed by atoms with van der Waals surface area (Å²) in [4.78, 5) is 0. The fourth-order valence-corrected chi connectivity index (χ4v) is 2.48. The minimum absolute atomic E-state index is 0.0544. The van der Waals surface area contributed by atoms with Crippen molar-refractivity contribution in [2.45, 2.75) is 45.3 Å². The van der Waals surface area contributed by atoms with Crippen LogP contribution in [-0.2, 0) is 9.47 Å². The highest BCUT2D eigenvalue weighted by molar-refractivity contribution is 14.1. The molecule has 2 atom stereocenters. The smallest absolute Gasteiger partial charge is 0.157 e. The highest BCUT2D eigenvalue weighted by Gasteiger charge is 2.14. The molecular formula is C13H23IO2. The van der Waals surface area contributed by atoms with Gasteiger partial charge >= 0.3 is 0 Å². The van der Waals surface area contributed by atoms with Crippen molar-refractivity contribution in [1.82, 2.24) is 0 Å². The normalized spacial score (nSPS) is 23.0. The summed E-state index contributed by atoms with van der Waals surface area (Å²) in [7, 11) is 0. The first-order chi connectivity index (χ1) is 7.74. The lowest BCUT2D eigenvalue weighted by atomic mass is 9.98. The Morgan fingerprint density at radius 1 is 1.56 bits per heavy atom. The average molecular weight is 338 g/mol. The molecule has 1 saturated heterocycles. The molecule has 0 N–H and O–H groups in total. The molecule has 1 aliphatic rings.